The molecule has 0 aromatic heterocycles. The van der Waals surface area contributed by atoms with Gasteiger partial charge in [0.15, 0.2) is 0 Å². The van der Waals surface area contributed by atoms with Gasteiger partial charge >= 0.3 is 7.12 Å². The van der Waals surface area contributed by atoms with Gasteiger partial charge in [0, 0.05) is 4.11 Å². The maximum Gasteiger partial charge on any atom is 0.495 e. The molecule has 1 aromatic carbocycles. The molecule has 22 heavy (non-hydrogen) atoms. The summed E-state index contributed by atoms with van der Waals surface area (Å²) >= 11 is 0. The summed E-state index contributed by atoms with van der Waals surface area (Å²) in [7, 11) is -0.870. The van der Waals surface area contributed by atoms with Gasteiger partial charge in [0.2, 0.25) is 0 Å². The fraction of sp³-hybridized carbons (Fsp3) is 0.647. The number of hydrogen-bond donors (Lipinski definition) is 2. The van der Waals surface area contributed by atoms with Gasteiger partial charge in [-0.15, -0.1) is 0 Å². The van der Waals surface area contributed by atoms with E-state index in [9.17, 15) is 10.2 Å². The first kappa shape index (κ1) is 13.6. The van der Waals surface area contributed by atoms with Gasteiger partial charge in [0.25, 0.3) is 0 Å². The van der Waals surface area contributed by atoms with Crippen LogP contribution in [0.3, 0.4) is 0 Å². The predicted molar refractivity (Wildman–Crippen MR) is 88.1 cm³/mol. The topological polar surface area (TPSA) is 58.9 Å². The summed E-state index contributed by atoms with van der Waals surface area (Å²) in [5.74, 6) is 0. The number of hydrogen-bond acceptors (Lipinski definition) is 4. The van der Waals surface area contributed by atoms with Crippen molar-refractivity contribution in [2.75, 3.05) is 0 Å². The first-order valence-electron chi connectivity index (χ1n) is 9.00. The largest absolute Gasteiger partial charge is 0.495 e. The van der Waals surface area contributed by atoms with Crippen molar-refractivity contribution in [1.29, 1.82) is 0 Å². The van der Waals surface area contributed by atoms with Crippen molar-refractivity contribution < 1.29 is 23.6 Å². The van der Waals surface area contributed by atoms with E-state index >= 15 is 0 Å². The van der Waals surface area contributed by atoms with Crippen LogP contribution in [0.25, 0.3) is 0 Å². The molecule has 5 heteroatoms. The molecule has 0 radical (unpaired) electrons. The van der Waals surface area contributed by atoms with Gasteiger partial charge < -0.3 is 19.5 Å². The van der Waals surface area contributed by atoms with Gasteiger partial charge in [-0.2, -0.15) is 0 Å². The van der Waals surface area contributed by atoms with Gasteiger partial charge in [-0.05, 0) is 59.4 Å². The maximum atomic E-state index is 10.6. The molecule has 1 saturated heterocycles. The molecule has 1 fully saturated rings. The van der Waals surface area contributed by atoms with E-state index in [0.29, 0.717) is 11.0 Å². The van der Waals surface area contributed by atoms with Crippen molar-refractivity contribution in [3.63, 3.8) is 0 Å². The van der Waals surface area contributed by atoms with Crippen LogP contribution in [-0.4, -0.2) is 34.6 Å². The fourth-order valence-electron chi connectivity index (χ4n) is 2.28. The standard InChI is InChI=1S/C17H27BO4/c1-11-8-9-13(17(7,20)12(2)19)10-14(11)18-21-15(3,4)16(5,6)22-18/h8-10,12,19-20H,1-7H3/i1D3. The molecule has 2 rings (SSSR count). The highest BCUT2D eigenvalue weighted by molar-refractivity contribution is 6.62. The molecule has 0 bridgehead atoms. The molecular weight excluding hydrogens is 279 g/mol. The first-order valence-corrected chi connectivity index (χ1v) is 7.50. The van der Waals surface area contributed by atoms with Gasteiger partial charge in [0.1, 0.15) is 5.60 Å². The Hall–Kier alpha value is -0.875. The molecule has 0 saturated carbocycles. The molecule has 0 spiro atoms. The molecule has 0 amide bonds. The van der Waals surface area contributed by atoms with Crippen LogP contribution in [0.4, 0.5) is 0 Å². The smallest absolute Gasteiger partial charge is 0.399 e. The van der Waals surface area contributed by atoms with Gasteiger partial charge in [-0.3, -0.25) is 0 Å². The van der Waals surface area contributed by atoms with Crippen molar-refractivity contribution in [1.82, 2.24) is 0 Å². The first-order chi connectivity index (χ1) is 11.1. The summed E-state index contributed by atoms with van der Waals surface area (Å²) in [5, 5.41) is 20.4. The average molecular weight is 309 g/mol. The third-order valence-corrected chi connectivity index (χ3v) is 4.96. The Morgan fingerprint density at radius 1 is 1.23 bits per heavy atom. The molecule has 1 aliphatic rings. The highest BCUT2D eigenvalue weighted by Gasteiger charge is 2.52. The summed E-state index contributed by atoms with van der Waals surface area (Å²) in [5.41, 5.74) is -1.90. The van der Waals surface area contributed by atoms with E-state index in [1.54, 1.807) is 6.07 Å². The highest BCUT2D eigenvalue weighted by Crippen LogP contribution is 2.37. The van der Waals surface area contributed by atoms with Crippen LogP contribution in [0.2, 0.25) is 0 Å². The second kappa shape index (κ2) is 5.34. The molecule has 1 aromatic rings. The van der Waals surface area contributed by atoms with E-state index in [0.717, 1.165) is 0 Å². The molecule has 2 unspecified atom stereocenters. The Labute approximate surface area is 137 Å². The van der Waals surface area contributed by atoms with Crippen molar-refractivity contribution in [2.45, 2.75) is 71.3 Å². The third kappa shape index (κ3) is 2.83. The summed E-state index contributed by atoms with van der Waals surface area (Å²) in [4.78, 5) is 0. The van der Waals surface area contributed by atoms with Crippen LogP contribution >= 0.6 is 0 Å². The molecule has 2 atom stereocenters. The van der Waals surface area contributed by atoms with E-state index < -0.39 is 36.9 Å². The lowest BCUT2D eigenvalue weighted by molar-refractivity contribution is -0.0569. The van der Waals surface area contributed by atoms with Crippen molar-refractivity contribution in [2.24, 2.45) is 0 Å². The Morgan fingerprint density at radius 3 is 2.23 bits per heavy atom. The van der Waals surface area contributed by atoms with Crippen molar-refractivity contribution >= 4 is 12.6 Å². The Morgan fingerprint density at radius 2 is 1.77 bits per heavy atom. The third-order valence-electron chi connectivity index (χ3n) is 4.96. The van der Waals surface area contributed by atoms with Gasteiger partial charge in [-0.1, -0.05) is 23.8 Å². The summed E-state index contributed by atoms with van der Waals surface area (Å²) in [6.45, 7) is 8.15. The molecular formula is C17H27BO4. The lowest BCUT2D eigenvalue weighted by Crippen LogP contribution is -2.41. The Balaban J connectivity index is 2.58. The van der Waals surface area contributed by atoms with Crippen molar-refractivity contribution in [3.05, 3.63) is 29.3 Å². The fourth-order valence-corrected chi connectivity index (χ4v) is 2.28. The van der Waals surface area contributed by atoms with E-state index in [1.165, 1.54) is 26.0 Å². The van der Waals surface area contributed by atoms with E-state index in [4.69, 9.17) is 13.4 Å². The van der Waals surface area contributed by atoms with Crippen LogP contribution in [0, 0.1) is 6.85 Å². The lowest BCUT2D eigenvalue weighted by atomic mass is 9.74. The number of rotatable bonds is 3. The number of benzene rings is 1. The summed E-state index contributed by atoms with van der Waals surface area (Å²) in [6.07, 6.45) is -1.03. The zero-order valence-electron chi connectivity index (χ0n) is 17.1. The van der Waals surface area contributed by atoms with Crippen LogP contribution in [0.15, 0.2) is 18.2 Å². The summed E-state index contributed by atoms with van der Waals surface area (Å²) < 4.78 is 35.4. The second-order valence-corrected chi connectivity index (χ2v) is 7.21. The van der Waals surface area contributed by atoms with Crippen LogP contribution in [0.1, 0.15) is 56.8 Å². The summed E-state index contributed by atoms with van der Waals surface area (Å²) in [6, 6.07) is 4.51. The molecule has 1 aliphatic heterocycles. The quantitative estimate of drug-likeness (QED) is 0.837. The van der Waals surface area contributed by atoms with Crippen LogP contribution < -0.4 is 5.46 Å². The zero-order chi connectivity index (χ0) is 19.4. The molecule has 122 valence electrons. The van der Waals surface area contributed by atoms with Crippen molar-refractivity contribution in [3.8, 4) is 0 Å². The number of aryl methyl sites for hydroxylation is 1. The molecule has 4 nitrogen and oxygen atoms in total. The van der Waals surface area contributed by atoms with E-state index in [1.807, 2.05) is 27.7 Å². The Kier molecular flexibility index (Phi) is 3.29. The minimum Gasteiger partial charge on any atom is -0.399 e. The normalized spacial score (nSPS) is 26.7. The lowest BCUT2D eigenvalue weighted by Gasteiger charge is -2.32. The molecule has 0 aliphatic carbocycles. The maximum absolute atomic E-state index is 10.6. The van der Waals surface area contributed by atoms with Crippen LogP contribution in [-0.2, 0) is 14.9 Å². The van der Waals surface area contributed by atoms with Gasteiger partial charge in [-0.25, -0.2) is 0 Å². The number of aliphatic hydroxyl groups is 2. The second-order valence-electron chi connectivity index (χ2n) is 7.21. The molecule has 2 N–H and O–H groups in total. The van der Waals surface area contributed by atoms with E-state index in [2.05, 4.69) is 0 Å². The average Bonchev–Trinajstić information content (AvgIpc) is 2.65. The van der Waals surface area contributed by atoms with Crippen LogP contribution in [0.5, 0.6) is 0 Å². The number of aliphatic hydroxyl groups excluding tert-OH is 1. The molecule has 1 heterocycles. The monoisotopic (exact) mass is 309 g/mol. The zero-order valence-corrected chi connectivity index (χ0v) is 14.1. The highest BCUT2D eigenvalue weighted by atomic mass is 16.7. The minimum absolute atomic E-state index is 0.108. The van der Waals surface area contributed by atoms with E-state index in [-0.39, 0.29) is 5.56 Å². The van der Waals surface area contributed by atoms with Gasteiger partial charge in [0.05, 0.1) is 17.3 Å². The predicted octanol–water partition coefficient (Wildman–Crippen LogP) is 1.88. The Bertz CT molecular complexity index is 638. The SMILES string of the molecule is [2H]C([2H])([2H])c1ccc(C(C)(O)C(C)O)cc1B1OC(C)(C)C(C)(C)O1. The minimum atomic E-state index is -2.35.